The molecule has 4 aliphatic rings. The fraction of sp³-hybridized carbons (Fsp3) is 0.650. The van der Waals surface area contributed by atoms with E-state index < -0.39 is 5.60 Å². The van der Waals surface area contributed by atoms with Gasteiger partial charge in [-0.05, 0) is 68.1 Å². The average molecular weight is 351 g/mol. The molecule has 4 fully saturated rings. The molecule has 0 aromatic carbocycles. The van der Waals surface area contributed by atoms with Gasteiger partial charge in [-0.3, -0.25) is 0 Å². The van der Waals surface area contributed by atoms with Gasteiger partial charge in [0.05, 0.1) is 6.33 Å². The summed E-state index contributed by atoms with van der Waals surface area (Å²) in [7, 11) is 0. The Hall–Kier alpha value is -2.13. The molecule has 2 aromatic heterocycles. The van der Waals surface area contributed by atoms with Gasteiger partial charge in [0.1, 0.15) is 11.1 Å². The number of hydrogen-bond acceptors (Lipinski definition) is 5. The van der Waals surface area contributed by atoms with E-state index in [0.29, 0.717) is 29.0 Å². The van der Waals surface area contributed by atoms with E-state index >= 15 is 0 Å². The summed E-state index contributed by atoms with van der Waals surface area (Å²) in [5.74, 6) is 9.19. The van der Waals surface area contributed by atoms with Crippen LogP contribution in [-0.2, 0) is 6.54 Å². The van der Waals surface area contributed by atoms with Crippen molar-refractivity contribution in [2.45, 2.75) is 57.6 Å². The second-order valence-corrected chi connectivity index (χ2v) is 8.42. The zero-order chi connectivity index (χ0) is 17.9. The Bertz CT molecular complexity index is 893. The molecular weight excluding hydrogens is 326 g/mol. The van der Waals surface area contributed by atoms with Crippen LogP contribution in [0.25, 0.3) is 11.2 Å². The van der Waals surface area contributed by atoms with Crippen LogP contribution >= 0.6 is 0 Å². The number of anilines is 1. The molecule has 0 radical (unpaired) electrons. The molecule has 0 unspecified atom stereocenters. The maximum Gasteiger partial charge on any atom is 0.209 e. The van der Waals surface area contributed by atoms with Crippen molar-refractivity contribution in [3.63, 3.8) is 0 Å². The molecule has 4 saturated carbocycles. The second-order valence-electron chi connectivity index (χ2n) is 8.42. The quantitative estimate of drug-likeness (QED) is 0.811. The third kappa shape index (κ3) is 2.34. The number of rotatable bonds is 2. The van der Waals surface area contributed by atoms with E-state index in [9.17, 15) is 5.11 Å². The van der Waals surface area contributed by atoms with Gasteiger partial charge >= 0.3 is 0 Å². The first-order valence-electron chi connectivity index (χ1n) is 9.80. The summed E-state index contributed by atoms with van der Waals surface area (Å²) in [5.41, 5.74) is 6.53. The molecule has 4 bridgehead atoms. The summed E-state index contributed by atoms with van der Waals surface area (Å²) in [5, 5.41) is 11.4. The van der Waals surface area contributed by atoms with Crippen LogP contribution in [0, 0.1) is 35.5 Å². The van der Waals surface area contributed by atoms with Gasteiger partial charge in [0.25, 0.3) is 0 Å². The highest BCUT2D eigenvalue weighted by molar-refractivity contribution is 5.81. The first-order chi connectivity index (χ1) is 12.6. The highest BCUT2D eigenvalue weighted by Gasteiger charge is 2.55. The third-order valence-corrected chi connectivity index (χ3v) is 6.71. The number of fused-ring (bicyclic) bond motifs is 1. The van der Waals surface area contributed by atoms with Gasteiger partial charge in [0.15, 0.2) is 11.5 Å². The largest absolute Gasteiger partial charge is 0.382 e. The summed E-state index contributed by atoms with van der Waals surface area (Å²) in [4.78, 5) is 13.2. The van der Waals surface area contributed by atoms with Crippen LogP contribution in [0.1, 0.15) is 51.3 Å². The van der Waals surface area contributed by atoms with E-state index in [0.717, 1.165) is 56.1 Å². The predicted molar refractivity (Wildman–Crippen MR) is 98.9 cm³/mol. The summed E-state index contributed by atoms with van der Waals surface area (Å²) in [6.07, 6.45) is 8.55. The molecule has 26 heavy (non-hydrogen) atoms. The Labute approximate surface area is 153 Å². The lowest BCUT2D eigenvalue weighted by Crippen LogP contribution is -2.56. The van der Waals surface area contributed by atoms with Crippen LogP contribution in [0.5, 0.6) is 0 Å². The van der Waals surface area contributed by atoms with Gasteiger partial charge in [0.2, 0.25) is 5.82 Å². The molecule has 6 heteroatoms. The maximum absolute atomic E-state index is 11.4. The van der Waals surface area contributed by atoms with Gasteiger partial charge in [0, 0.05) is 6.54 Å². The zero-order valence-corrected chi connectivity index (χ0v) is 15.1. The Kier molecular flexibility index (Phi) is 3.51. The Morgan fingerprint density at radius 1 is 1.19 bits per heavy atom. The standard InChI is InChI=1S/C20H25N5O/c1-2-5-25-11-22-17-18(21)23-16(24-19(17)25)3-4-20(26)14-7-12-6-13(9-14)10-15(20)8-12/h11-15,26H,2,5-10H2,1H3,(H2,21,23,24). The smallest absolute Gasteiger partial charge is 0.209 e. The fourth-order valence-corrected chi connectivity index (χ4v) is 5.69. The van der Waals surface area contributed by atoms with Gasteiger partial charge in [-0.15, -0.1) is 0 Å². The maximum atomic E-state index is 11.4. The van der Waals surface area contributed by atoms with Gasteiger partial charge in [-0.1, -0.05) is 12.8 Å². The third-order valence-electron chi connectivity index (χ3n) is 6.71. The van der Waals surface area contributed by atoms with Gasteiger partial charge in [-0.25, -0.2) is 15.0 Å². The fourth-order valence-electron chi connectivity index (χ4n) is 5.69. The van der Waals surface area contributed by atoms with E-state index in [1.165, 1.54) is 6.42 Å². The summed E-state index contributed by atoms with van der Waals surface area (Å²) >= 11 is 0. The Balaban J connectivity index is 1.51. The van der Waals surface area contributed by atoms with Crippen molar-refractivity contribution in [2.24, 2.45) is 23.7 Å². The molecule has 0 amide bonds. The van der Waals surface area contributed by atoms with Crippen molar-refractivity contribution in [1.82, 2.24) is 19.5 Å². The van der Waals surface area contributed by atoms with E-state index in [1.807, 2.05) is 4.57 Å². The molecular formula is C20H25N5O. The number of aryl methyl sites for hydroxylation is 1. The van der Waals surface area contributed by atoms with Crippen LogP contribution in [0.3, 0.4) is 0 Å². The molecule has 0 aliphatic heterocycles. The highest BCUT2D eigenvalue weighted by atomic mass is 16.3. The number of aliphatic hydroxyl groups is 1. The minimum absolute atomic E-state index is 0.304. The molecule has 2 aromatic rings. The topological polar surface area (TPSA) is 89.9 Å². The van der Waals surface area contributed by atoms with Crippen LogP contribution in [0.15, 0.2) is 6.33 Å². The minimum Gasteiger partial charge on any atom is -0.382 e. The van der Waals surface area contributed by atoms with Crippen molar-refractivity contribution >= 4 is 17.0 Å². The average Bonchev–Trinajstić information content (AvgIpc) is 3.01. The lowest BCUT2D eigenvalue weighted by molar-refractivity contribution is -0.136. The van der Waals surface area contributed by atoms with Crippen molar-refractivity contribution in [3.8, 4) is 11.8 Å². The highest BCUT2D eigenvalue weighted by Crippen LogP contribution is 2.58. The minimum atomic E-state index is -0.885. The number of nitrogens with two attached hydrogens (primary N) is 1. The van der Waals surface area contributed by atoms with E-state index in [1.54, 1.807) is 6.33 Å². The molecule has 3 N–H and O–H groups in total. The van der Waals surface area contributed by atoms with Crippen molar-refractivity contribution < 1.29 is 5.11 Å². The molecule has 136 valence electrons. The number of nitrogen functional groups attached to an aromatic ring is 1. The zero-order valence-electron chi connectivity index (χ0n) is 15.1. The number of aromatic nitrogens is 4. The van der Waals surface area contributed by atoms with Crippen LogP contribution in [-0.4, -0.2) is 30.2 Å². The first kappa shape index (κ1) is 16.1. The van der Waals surface area contributed by atoms with Crippen LogP contribution < -0.4 is 5.73 Å². The number of imidazole rings is 1. The lowest BCUT2D eigenvalue weighted by atomic mass is 9.50. The van der Waals surface area contributed by atoms with Crippen molar-refractivity contribution in [2.75, 3.05) is 5.73 Å². The molecule has 4 aliphatic carbocycles. The Morgan fingerprint density at radius 3 is 2.54 bits per heavy atom. The summed E-state index contributed by atoms with van der Waals surface area (Å²) in [6.45, 7) is 2.94. The lowest BCUT2D eigenvalue weighted by Gasteiger charge is -2.56. The van der Waals surface area contributed by atoms with E-state index in [2.05, 4.69) is 33.7 Å². The van der Waals surface area contributed by atoms with Gasteiger partial charge < -0.3 is 15.4 Å². The van der Waals surface area contributed by atoms with E-state index in [4.69, 9.17) is 5.73 Å². The van der Waals surface area contributed by atoms with Crippen molar-refractivity contribution in [1.29, 1.82) is 0 Å². The molecule has 0 spiro atoms. The van der Waals surface area contributed by atoms with Crippen LogP contribution in [0.2, 0.25) is 0 Å². The summed E-state index contributed by atoms with van der Waals surface area (Å²) in [6, 6.07) is 0. The predicted octanol–water partition coefficient (Wildman–Crippen LogP) is 2.36. The molecule has 2 heterocycles. The number of nitrogens with zero attached hydrogens (tertiary/aromatic N) is 4. The number of hydrogen-bond donors (Lipinski definition) is 2. The van der Waals surface area contributed by atoms with Crippen LogP contribution in [0.4, 0.5) is 5.82 Å². The normalized spacial score (nSPS) is 34.8. The van der Waals surface area contributed by atoms with Crippen molar-refractivity contribution in [3.05, 3.63) is 12.2 Å². The SMILES string of the molecule is CCCn1cnc2c(N)nc(C#CC3(O)C4CC5CC(C4)CC3C5)nc21. The van der Waals surface area contributed by atoms with Gasteiger partial charge in [-0.2, -0.15) is 0 Å². The second kappa shape index (κ2) is 5.68. The Morgan fingerprint density at radius 2 is 1.88 bits per heavy atom. The molecule has 6 nitrogen and oxygen atoms in total. The molecule has 6 rings (SSSR count). The van der Waals surface area contributed by atoms with E-state index in [-0.39, 0.29) is 0 Å². The first-order valence-corrected chi connectivity index (χ1v) is 9.80. The molecule has 0 atom stereocenters. The summed E-state index contributed by atoms with van der Waals surface area (Å²) < 4.78 is 1.98. The molecule has 0 saturated heterocycles. The monoisotopic (exact) mass is 351 g/mol.